The molecule has 0 saturated heterocycles. The van der Waals surface area contributed by atoms with Gasteiger partial charge in [-0.2, -0.15) is 0 Å². The van der Waals surface area contributed by atoms with Crippen LogP contribution >= 0.6 is 0 Å². The summed E-state index contributed by atoms with van der Waals surface area (Å²) in [6.45, 7) is 2.05. The highest BCUT2D eigenvalue weighted by Crippen LogP contribution is 2.13. The van der Waals surface area contributed by atoms with Crippen LogP contribution in [0.5, 0.6) is 11.5 Å². The van der Waals surface area contributed by atoms with E-state index in [-0.39, 0.29) is 11.7 Å². The van der Waals surface area contributed by atoms with Gasteiger partial charge in [-0.3, -0.25) is 4.79 Å². The Hall–Kier alpha value is -2.56. The molecule has 0 aliphatic rings. The maximum Gasteiger partial charge on any atom is 0.261 e. The Balaban J connectivity index is 1.84. The summed E-state index contributed by atoms with van der Waals surface area (Å²) >= 11 is 0. The summed E-state index contributed by atoms with van der Waals surface area (Å²) in [4.78, 5) is 12.0. The van der Waals surface area contributed by atoms with Crippen LogP contribution in [0.1, 0.15) is 12.5 Å². The van der Waals surface area contributed by atoms with Crippen molar-refractivity contribution >= 4 is 5.91 Å². The van der Waals surface area contributed by atoms with Gasteiger partial charge in [0.2, 0.25) is 0 Å². The molecule has 0 bridgehead atoms. The maximum absolute atomic E-state index is 12.8. The number of nitrogens with one attached hydrogen (secondary N) is 1. The number of carbonyl (C=O) groups excluding carboxylic acids is 1. The lowest BCUT2D eigenvalue weighted by atomic mass is 10.2. The number of amides is 1. The third-order valence-corrected chi connectivity index (χ3v) is 3.12. The minimum absolute atomic E-state index is 0.236. The number of benzene rings is 2. The number of carbonyl (C=O) groups is 1. The van der Waals surface area contributed by atoms with Crippen molar-refractivity contribution in [1.29, 1.82) is 0 Å². The average Bonchev–Trinajstić information content (AvgIpc) is 2.55. The monoisotopic (exact) mass is 303 g/mol. The quantitative estimate of drug-likeness (QED) is 0.892. The van der Waals surface area contributed by atoms with Gasteiger partial charge >= 0.3 is 0 Å². The molecular formula is C17H18FNO3. The summed E-state index contributed by atoms with van der Waals surface area (Å²) in [5.41, 5.74) is 0.961. The van der Waals surface area contributed by atoms with Crippen LogP contribution in [0.4, 0.5) is 4.39 Å². The lowest BCUT2D eigenvalue weighted by Gasteiger charge is -2.14. The van der Waals surface area contributed by atoms with Crippen LogP contribution < -0.4 is 14.8 Å². The van der Waals surface area contributed by atoms with Crippen molar-refractivity contribution < 1.29 is 18.7 Å². The molecular weight excluding hydrogens is 285 g/mol. The molecule has 2 rings (SSSR count). The highest BCUT2D eigenvalue weighted by atomic mass is 19.1. The Kier molecular flexibility index (Phi) is 5.36. The minimum atomic E-state index is -0.663. The van der Waals surface area contributed by atoms with Gasteiger partial charge in [0.25, 0.3) is 5.91 Å². The van der Waals surface area contributed by atoms with E-state index in [1.165, 1.54) is 24.3 Å². The molecule has 0 heterocycles. The molecule has 0 aromatic heterocycles. The standard InChI is InChI=1S/C17H18FNO3/c1-12(22-16-9-5-14(18)6-10-16)17(20)19-11-13-3-7-15(21-2)8-4-13/h3-10,12H,11H2,1-2H3,(H,19,20)/t12-/m1/s1. The van der Waals surface area contributed by atoms with Gasteiger partial charge in [-0.05, 0) is 48.9 Å². The van der Waals surface area contributed by atoms with E-state index in [0.717, 1.165) is 11.3 Å². The Bertz CT molecular complexity index is 611. The molecule has 0 saturated carbocycles. The van der Waals surface area contributed by atoms with Crippen molar-refractivity contribution in [2.45, 2.75) is 19.6 Å². The first-order chi connectivity index (χ1) is 10.6. The summed E-state index contributed by atoms with van der Waals surface area (Å²) in [7, 11) is 1.60. The molecule has 0 unspecified atom stereocenters. The Morgan fingerprint density at radius 3 is 2.27 bits per heavy atom. The van der Waals surface area contributed by atoms with Gasteiger partial charge in [-0.15, -0.1) is 0 Å². The zero-order valence-corrected chi connectivity index (χ0v) is 12.5. The van der Waals surface area contributed by atoms with E-state index < -0.39 is 6.10 Å². The fraction of sp³-hybridized carbons (Fsp3) is 0.235. The smallest absolute Gasteiger partial charge is 0.261 e. The lowest BCUT2D eigenvalue weighted by molar-refractivity contribution is -0.127. The molecule has 0 aliphatic carbocycles. The highest BCUT2D eigenvalue weighted by Gasteiger charge is 2.14. The summed E-state index contributed by atoms with van der Waals surface area (Å²) in [5.74, 6) is 0.640. The summed E-state index contributed by atoms with van der Waals surface area (Å²) < 4.78 is 23.3. The van der Waals surface area contributed by atoms with Crippen molar-refractivity contribution in [3.63, 3.8) is 0 Å². The maximum atomic E-state index is 12.8. The lowest BCUT2D eigenvalue weighted by Crippen LogP contribution is -2.35. The largest absolute Gasteiger partial charge is 0.497 e. The second-order valence-corrected chi connectivity index (χ2v) is 4.78. The van der Waals surface area contributed by atoms with E-state index >= 15 is 0 Å². The summed E-state index contributed by atoms with van der Waals surface area (Å²) in [5, 5.41) is 2.79. The molecule has 0 fully saturated rings. The molecule has 1 atom stereocenters. The van der Waals surface area contributed by atoms with E-state index in [9.17, 15) is 9.18 Å². The number of halogens is 1. The van der Waals surface area contributed by atoms with Crippen molar-refractivity contribution in [3.8, 4) is 11.5 Å². The second kappa shape index (κ2) is 7.45. The van der Waals surface area contributed by atoms with Crippen molar-refractivity contribution in [2.24, 2.45) is 0 Å². The third kappa shape index (κ3) is 4.48. The van der Waals surface area contributed by atoms with Gasteiger partial charge in [0.05, 0.1) is 7.11 Å². The predicted octanol–water partition coefficient (Wildman–Crippen LogP) is 2.92. The Morgan fingerprint density at radius 2 is 1.68 bits per heavy atom. The molecule has 0 aliphatic heterocycles. The van der Waals surface area contributed by atoms with Crippen LogP contribution in [0.3, 0.4) is 0 Å². The molecule has 116 valence electrons. The van der Waals surface area contributed by atoms with Crippen molar-refractivity contribution in [2.75, 3.05) is 7.11 Å². The molecule has 0 radical (unpaired) electrons. The molecule has 0 spiro atoms. The SMILES string of the molecule is COc1ccc(CNC(=O)[C@@H](C)Oc2ccc(F)cc2)cc1. The van der Waals surface area contributed by atoms with Gasteiger partial charge in [-0.1, -0.05) is 12.1 Å². The van der Waals surface area contributed by atoms with E-state index in [4.69, 9.17) is 9.47 Å². The van der Waals surface area contributed by atoms with E-state index in [1.807, 2.05) is 24.3 Å². The van der Waals surface area contributed by atoms with Crippen LogP contribution in [-0.2, 0) is 11.3 Å². The predicted molar refractivity (Wildman–Crippen MR) is 81.3 cm³/mol. The zero-order chi connectivity index (χ0) is 15.9. The first-order valence-electron chi connectivity index (χ1n) is 6.91. The topological polar surface area (TPSA) is 47.6 Å². The van der Waals surface area contributed by atoms with E-state index in [1.54, 1.807) is 14.0 Å². The van der Waals surface area contributed by atoms with Crippen LogP contribution in [0.25, 0.3) is 0 Å². The van der Waals surface area contributed by atoms with E-state index in [0.29, 0.717) is 12.3 Å². The summed E-state index contributed by atoms with van der Waals surface area (Å²) in [6.07, 6.45) is -0.663. The van der Waals surface area contributed by atoms with Gasteiger partial charge < -0.3 is 14.8 Å². The molecule has 5 heteroatoms. The van der Waals surface area contributed by atoms with Crippen LogP contribution in [0, 0.1) is 5.82 Å². The molecule has 1 amide bonds. The normalized spacial score (nSPS) is 11.6. The molecule has 2 aromatic carbocycles. The van der Waals surface area contributed by atoms with Gasteiger partial charge in [0, 0.05) is 6.54 Å². The number of hydrogen-bond donors (Lipinski definition) is 1. The Morgan fingerprint density at radius 1 is 1.09 bits per heavy atom. The highest BCUT2D eigenvalue weighted by molar-refractivity contribution is 5.80. The Labute approximate surface area is 128 Å². The molecule has 2 aromatic rings. The third-order valence-electron chi connectivity index (χ3n) is 3.12. The molecule has 1 N–H and O–H groups in total. The minimum Gasteiger partial charge on any atom is -0.497 e. The van der Waals surface area contributed by atoms with Gasteiger partial charge in [0.1, 0.15) is 17.3 Å². The second-order valence-electron chi connectivity index (χ2n) is 4.78. The first-order valence-corrected chi connectivity index (χ1v) is 6.91. The van der Waals surface area contributed by atoms with Gasteiger partial charge in [0.15, 0.2) is 6.10 Å². The van der Waals surface area contributed by atoms with Crippen molar-refractivity contribution in [3.05, 3.63) is 59.9 Å². The first kappa shape index (κ1) is 15.8. The van der Waals surface area contributed by atoms with Crippen LogP contribution in [-0.4, -0.2) is 19.1 Å². The number of rotatable bonds is 6. The average molecular weight is 303 g/mol. The number of hydrogen-bond acceptors (Lipinski definition) is 3. The number of methoxy groups -OCH3 is 1. The molecule has 4 nitrogen and oxygen atoms in total. The van der Waals surface area contributed by atoms with Crippen LogP contribution in [0.2, 0.25) is 0 Å². The van der Waals surface area contributed by atoms with Gasteiger partial charge in [-0.25, -0.2) is 4.39 Å². The fourth-order valence-corrected chi connectivity index (χ4v) is 1.85. The van der Waals surface area contributed by atoms with Crippen LogP contribution in [0.15, 0.2) is 48.5 Å². The fourth-order valence-electron chi connectivity index (χ4n) is 1.85. The zero-order valence-electron chi connectivity index (χ0n) is 12.5. The van der Waals surface area contributed by atoms with E-state index in [2.05, 4.69) is 5.32 Å². The number of ether oxygens (including phenoxy) is 2. The van der Waals surface area contributed by atoms with Crippen molar-refractivity contribution in [1.82, 2.24) is 5.32 Å². The molecule has 22 heavy (non-hydrogen) atoms. The summed E-state index contributed by atoms with van der Waals surface area (Å²) in [6, 6.07) is 13.0.